The molecule has 0 bridgehead atoms. The summed E-state index contributed by atoms with van der Waals surface area (Å²) in [4.78, 5) is 92.5. The maximum absolute atomic E-state index is 14.7. The zero-order chi connectivity index (χ0) is 55.5. The van der Waals surface area contributed by atoms with Gasteiger partial charge in [-0.05, 0) is 108 Å². The number of aliphatic carboxylic acids is 1. The third-order valence-corrected chi connectivity index (χ3v) is 13.7. The highest BCUT2D eigenvalue weighted by atomic mass is 35.5. The number of esters is 1. The molecule has 0 unspecified atom stereocenters. The van der Waals surface area contributed by atoms with Crippen LogP contribution in [0.4, 0.5) is 9.93 Å². The largest absolute Gasteiger partial charge is 0.497 e. The maximum atomic E-state index is 14.7. The van der Waals surface area contributed by atoms with Crippen molar-refractivity contribution in [3.63, 3.8) is 0 Å². The Morgan fingerprint density at radius 3 is 2.05 bits per heavy atom. The Bertz CT molecular complexity index is 3050. The molecule has 27 heteroatoms. The van der Waals surface area contributed by atoms with Crippen molar-refractivity contribution in [1.29, 1.82) is 0 Å². The number of thiazole rings is 1. The van der Waals surface area contributed by atoms with E-state index >= 15 is 0 Å². The van der Waals surface area contributed by atoms with Gasteiger partial charge in [0, 0.05) is 5.38 Å². The number of carbonyl (C=O) groups is 6. The van der Waals surface area contributed by atoms with Crippen molar-refractivity contribution in [3.8, 4) is 23.0 Å². The van der Waals surface area contributed by atoms with Crippen molar-refractivity contribution in [2.45, 2.75) is 108 Å². The van der Waals surface area contributed by atoms with Crippen molar-refractivity contribution in [2.75, 3.05) is 26.5 Å². The number of hydrogen-bond donors (Lipinski definition) is 3. The van der Waals surface area contributed by atoms with E-state index in [2.05, 4.69) is 30.9 Å². The molecule has 3 aromatic carbocycles. The second kappa shape index (κ2) is 22.2. The molecule has 0 aliphatic carbocycles. The van der Waals surface area contributed by atoms with Crippen LogP contribution < -0.4 is 30.0 Å². The number of rotatable bonds is 19. The Kier molecular flexibility index (Phi) is 16.4. The summed E-state index contributed by atoms with van der Waals surface area (Å²) in [6.45, 7) is 11.4. The molecule has 24 nitrogen and oxygen atoms in total. The number of carboxylic acids is 1. The number of benzene rings is 3. The Morgan fingerprint density at radius 1 is 0.895 bits per heavy atom. The fourth-order valence-corrected chi connectivity index (χ4v) is 9.49. The minimum atomic E-state index is -2.13. The van der Waals surface area contributed by atoms with Gasteiger partial charge in [-0.3, -0.25) is 14.4 Å². The lowest BCUT2D eigenvalue weighted by Crippen LogP contribution is -2.68. The average Bonchev–Trinajstić information content (AvgIpc) is 4.13. The molecule has 404 valence electrons. The first-order valence-electron chi connectivity index (χ1n) is 23.1. The fraction of sp³-hybridized carbons (Fsp3) is 0.408. The highest BCUT2D eigenvalue weighted by Gasteiger charge is 2.65. The van der Waals surface area contributed by atoms with Crippen molar-refractivity contribution < 1.29 is 67.1 Å². The Labute approximate surface area is 449 Å². The summed E-state index contributed by atoms with van der Waals surface area (Å²) < 4.78 is 34.0. The number of aromatic nitrogens is 5. The van der Waals surface area contributed by atoms with Gasteiger partial charge in [-0.1, -0.05) is 52.8 Å². The number of nitrogens with two attached hydrogens (primary N) is 1. The van der Waals surface area contributed by atoms with E-state index in [0.29, 0.717) is 16.4 Å². The molecule has 0 spiro atoms. The lowest BCUT2D eigenvalue weighted by atomic mass is 10.1. The summed E-state index contributed by atoms with van der Waals surface area (Å²) in [5, 5.41) is 29.9. The molecule has 2 aromatic heterocycles. The molecule has 5 aromatic rings. The lowest BCUT2D eigenvalue weighted by molar-refractivity contribution is -0.179. The summed E-state index contributed by atoms with van der Waals surface area (Å²) in [5.74, 6) is -3.77. The molecule has 0 saturated carbocycles. The van der Waals surface area contributed by atoms with E-state index in [1.165, 1.54) is 36.3 Å². The van der Waals surface area contributed by atoms with E-state index < -0.39 is 87.6 Å². The minimum Gasteiger partial charge on any atom is -0.497 e. The molecule has 4 heterocycles. The van der Waals surface area contributed by atoms with Crippen LogP contribution in [0.25, 0.3) is 0 Å². The first-order valence-corrected chi connectivity index (χ1v) is 25.3. The van der Waals surface area contributed by atoms with Crippen molar-refractivity contribution in [1.82, 2.24) is 40.3 Å². The first kappa shape index (κ1) is 56.0. The summed E-state index contributed by atoms with van der Waals surface area (Å²) in [6, 6.07) is 15.7. The summed E-state index contributed by atoms with van der Waals surface area (Å²) >= 11 is 8.73. The predicted octanol–water partition coefficient (Wildman–Crippen LogP) is 5.80. The molecule has 2 aliphatic rings. The van der Waals surface area contributed by atoms with Gasteiger partial charge in [-0.25, -0.2) is 24.3 Å². The van der Waals surface area contributed by atoms with Gasteiger partial charge in [0.25, 0.3) is 11.8 Å². The summed E-state index contributed by atoms with van der Waals surface area (Å²) in [6.07, 6.45) is -1.14. The quantitative estimate of drug-likeness (QED) is 0.0381. The van der Waals surface area contributed by atoms with Crippen LogP contribution in [0.2, 0.25) is 5.02 Å². The third kappa shape index (κ3) is 12.7. The number of oxime groups is 1. The van der Waals surface area contributed by atoms with Gasteiger partial charge < -0.3 is 54.3 Å². The normalized spacial score (nSPS) is 17.4. The topological polar surface area (TPSA) is 301 Å². The Hall–Kier alpha value is -7.71. The number of methoxy groups -OCH3 is 2. The van der Waals surface area contributed by atoms with Crippen LogP contribution in [0.15, 0.2) is 71.2 Å². The van der Waals surface area contributed by atoms with Gasteiger partial charge in [-0.2, -0.15) is 0 Å². The van der Waals surface area contributed by atoms with Gasteiger partial charge in [0.2, 0.25) is 16.4 Å². The van der Waals surface area contributed by atoms with Gasteiger partial charge in [0.05, 0.1) is 37.9 Å². The van der Waals surface area contributed by atoms with Crippen molar-refractivity contribution in [2.24, 2.45) is 5.16 Å². The zero-order valence-corrected chi connectivity index (χ0v) is 45.3. The standard InChI is InChI=1S/C49H55ClN10O14S2/c1-46(2,3)72-43(66)48(7,8)74-56-35(31-24-75-44(51)52-31)38(61)53-36-40(63)59-25-49(42(64)65,76-41(36)59)60-55-33(54-57-60)21-58(45(67)73-47(4,5)6)39(62)30-19-20-32(70-22-26-11-15-28(68-9)16-12-26)37(34(30)50)71-23-27-13-17-29(69-10)18-14-27/h11-20,24,36,41H,21-23,25H2,1-10H3,(H2,51,52)(H,53,61)(H,64,65)/b56-35-/t36-,41-,49-/m1/s1. The SMILES string of the molecule is COc1ccc(COc2ccc(C(=O)N(Cc3nnn([C@]4(C(=O)O)CN5C(=O)[C@@H](NC(=O)/C(=N\OC(C)(C)C(=O)OC(C)(C)C)c6csc(N)n6)[C@H]5S4)n3)C(=O)OC(C)(C)C)c(Cl)c2OCc2ccc(OC)cc2)cc1. The summed E-state index contributed by atoms with van der Waals surface area (Å²) in [7, 11) is 3.09. The Balaban J connectivity index is 1.13. The molecule has 4 N–H and O–H groups in total. The van der Waals surface area contributed by atoms with E-state index in [0.717, 1.165) is 39.0 Å². The molecule has 76 heavy (non-hydrogen) atoms. The predicted molar refractivity (Wildman–Crippen MR) is 275 cm³/mol. The monoisotopic (exact) mass is 1110 g/mol. The van der Waals surface area contributed by atoms with Gasteiger partial charge in [0.15, 0.2) is 28.2 Å². The number of hydrogen-bond acceptors (Lipinski definition) is 21. The maximum Gasteiger partial charge on any atom is 0.417 e. The van der Waals surface area contributed by atoms with Gasteiger partial charge in [0.1, 0.15) is 53.0 Å². The number of nitrogens with zero attached hydrogens (tertiary/aromatic N) is 8. The number of imide groups is 1. The first-order chi connectivity index (χ1) is 35.7. The second-order valence-corrected chi connectivity index (χ2v) is 22.2. The molecular weight excluding hydrogens is 1050 g/mol. The van der Waals surface area contributed by atoms with Crippen LogP contribution in [0.1, 0.15) is 88.4 Å². The number of β-lactam (4-membered cyclic amide) rings is 1. The number of tetrazole rings is 1. The van der Waals surface area contributed by atoms with Crippen LogP contribution in [-0.4, -0.2) is 131 Å². The third-order valence-electron chi connectivity index (χ3n) is 11.0. The van der Waals surface area contributed by atoms with Crippen LogP contribution in [-0.2, 0) is 58.1 Å². The lowest BCUT2D eigenvalue weighted by Gasteiger charge is -2.41. The van der Waals surface area contributed by atoms with Crippen LogP contribution >= 0.6 is 34.7 Å². The number of carboxylic acid groups (broad SMARTS) is 1. The van der Waals surface area contributed by atoms with Crippen molar-refractivity contribution in [3.05, 3.63) is 99.3 Å². The molecule has 7 rings (SSSR count). The van der Waals surface area contributed by atoms with Crippen molar-refractivity contribution >= 4 is 81.3 Å². The highest BCUT2D eigenvalue weighted by molar-refractivity contribution is 8.01. The van der Waals surface area contributed by atoms with Crippen LogP contribution in [0.3, 0.4) is 0 Å². The molecule has 2 aliphatic heterocycles. The smallest absolute Gasteiger partial charge is 0.417 e. The van der Waals surface area contributed by atoms with E-state index in [1.54, 1.807) is 92.2 Å². The fourth-order valence-electron chi connectivity index (χ4n) is 7.14. The van der Waals surface area contributed by atoms with E-state index in [-0.39, 0.29) is 51.9 Å². The van der Waals surface area contributed by atoms with E-state index in [1.807, 2.05) is 12.1 Å². The number of ether oxygens (including phenoxy) is 6. The average molecular weight is 1110 g/mol. The number of anilines is 1. The molecular formula is C49H55ClN10O14S2. The molecule has 2 saturated heterocycles. The number of amides is 4. The number of thioether (sulfide) groups is 1. The molecule has 0 radical (unpaired) electrons. The number of carbonyl (C=O) groups excluding carboxylic acids is 5. The zero-order valence-electron chi connectivity index (χ0n) is 42.9. The van der Waals surface area contributed by atoms with Crippen LogP contribution in [0, 0.1) is 0 Å². The molecule has 4 amide bonds. The van der Waals surface area contributed by atoms with Crippen LogP contribution in [0.5, 0.6) is 23.0 Å². The Morgan fingerprint density at radius 2 is 1.50 bits per heavy atom. The van der Waals surface area contributed by atoms with E-state index in [9.17, 15) is 33.9 Å². The minimum absolute atomic E-state index is 0.0211. The number of nitrogens with one attached hydrogen (secondary N) is 1. The second-order valence-electron chi connectivity index (χ2n) is 19.5. The van der Waals surface area contributed by atoms with Gasteiger partial charge >= 0.3 is 18.0 Å². The highest BCUT2D eigenvalue weighted by Crippen LogP contribution is 2.49. The number of nitrogen functional groups attached to an aromatic ring is 1. The number of halogens is 1. The van der Waals surface area contributed by atoms with E-state index in [4.69, 9.17) is 50.6 Å². The molecule has 3 atom stereocenters. The summed E-state index contributed by atoms with van der Waals surface area (Å²) in [5.41, 5.74) is 3.00. The molecule has 2 fully saturated rings. The van der Waals surface area contributed by atoms with Gasteiger partial charge in [-0.15, -0.1) is 26.3 Å². The number of fused-ring (bicyclic) bond motifs is 1.